The van der Waals surface area contributed by atoms with Crippen molar-refractivity contribution in [2.45, 2.75) is 13.0 Å². The number of azo groups is 1. The van der Waals surface area contributed by atoms with E-state index in [9.17, 15) is 39.7 Å². The number of aromatic hydroxyl groups is 1. The first-order chi connectivity index (χ1) is 16.1. The van der Waals surface area contributed by atoms with Crippen LogP contribution in [0, 0.1) is 27.2 Å². The van der Waals surface area contributed by atoms with Crippen LogP contribution in [0.25, 0.3) is 0 Å². The van der Waals surface area contributed by atoms with E-state index in [0.717, 1.165) is 17.7 Å². The van der Waals surface area contributed by atoms with Crippen LogP contribution in [0.4, 0.5) is 22.7 Å². The van der Waals surface area contributed by atoms with E-state index < -0.39 is 61.6 Å². The lowest BCUT2D eigenvalue weighted by molar-refractivity contribution is -0.393. The molecule has 1 unspecified atom stereocenters. The van der Waals surface area contributed by atoms with E-state index in [2.05, 4.69) is 15.5 Å². The quantitative estimate of drug-likeness (QED) is 0.227. The molecule has 2 aromatic carbocycles. The number of anilines is 1. The molecule has 3 rings (SSSR count). The van der Waals surface area contributed by atoms with Gasteiger partial charge in [-0.1, -0.05) is 17.7 Å². The van der Waals surface area contributed by atoms with Crippen molar-refractivity contribution >= 4 is 28.7 Å². The van der Waals surface area contributed by atoms with E-state index in [-0.39, 0.29) is 0 Å². The molecule has 3 aromatic rings. The minimum atomic E-state index is -1.86. The molecule has 0 aliphatic heterocycles. The highest BCUT2D eigenvalue weighted by molar-refractivity contribution is 5.95. The van der Waals surface area contributed by atoms with Gasteiger partial charge in [0.05, 0.1) is 15.9 Å². The molecule has 15 heteroatoms. The number of hydrogen-bond acceptors (Lipinski definition) is 10. The van der Waals surface area contributed by atoms with Crippen LogP contribution in [0.2, 0.25) is 0 Å². The van der Waals surface area contributed by atoms with Crippen molar-refractivity contribution in [3.05, 3.63) is 94.7 Å². The van der Waals surface area contributed by atoms with Crippen molar-refractivity contribution in [1.82, 2.24) is 9.97 Å². The average Bonchev–Trinajstić information content (AvgIpc) is 2.76. The molecular weight excluding hydrogens is 454 g/mol. The number of carbonyl (C=O) groups excluding carboxylic acids is 1. The Morgan fingerprint density at radius 3 is 2.32 bits per heavy atom. The topological polar surface area (TPSA) is 226 Å². The fraction of sp³-hybridized carbons (Fsp3) is 0.105. The summed E-state index contributed by atoms with van der Waals surface area (Å²) >= 11 is 0. The molecule has 0 saturated carbocycles. The number of amides is 1. The van der Waals surface area contributed by atoms with Crippen molar-refractivity contribution in [2.24, 2.45) is 10.2 Å². The summed E-state index contributed by atoms with van der Waals surface area (Å²) in [6.45, 7) is 1.82. The van der Waals surface area contributed by atoms with E-state index in [1.807, 2.05) is 16.9 Å². The second-order valence-corrected chi connectivity index (χ2v) is 6.83. The number of nitrogens with zero attached hydrogens (tertiary/aromatic N) is 4. The number of H-pyrrole nitrogens is 2. The second kappa shape index (κ2) is 9.51. The van der Waals surface area contributed by atoms with Gasteiger partial charge < -0.3 is 10.4 Å². The van der Waals surface area contributed by atoms with E-state index in [4.69, 9.17) is 0 Å². The number of aromatic nitrogens is 2. The van der Waals surface area contributed by atoms with Crippen LogP contribution in [0.1, 0.15) is 17.2 Å². The summed E-state index contributed by atoms with van der Waals surface area (Å²) in [7, 11) is 0. The van der Waals surface area contributed by atoms with Gasteiger partial charge in [0.1, 0.15) is 5.56 Å². The molecule has 34 heavy (non-hydrogen) atoms. The maximum atomic E-state index is 12.9. The molecule has 4 N–H and O–H groups in total. The number of carbonyl (C=O) groups is 1. The van der Waals surface area contributed by atoms with E-state index in [1.54, 1.807) is 24.3 Å². The van der Waals surface area contributed by atoms with Gasteiger partial charge in [-0.25, -0.2) is 4.79 Å². The fourth-order valence-electron chi connectivity index (χ4n) is 2.80. The molecule has 0 bridgehead atoms. The monoisotopic (exact) mass is 469 g/mol. The first-order valence-electron chi connectivity index (χ1n) is 9.33. The maximum absolute atomic E-state index is 12.9. The van der Waals surface area contributed by atoms with Crippen LogP contribution in [0.5, 0.6) is 5.88 Å². The Balaban J connectivity index is 2.08. The zero-order chi connectivity index (χ0) is 25.0. The highest BCUT2D eigenvalue weighted by Gasteiger charge is 2.29. The van der Waals surface area contributed by atoms with Crippen LogP contribution in [-0.2, 0) is 4.79 Å². The molecular formula is C19H15N7O8. The normalized spacial score (nSPS) is 11.8. The van der Waals surface area contributed by atoms with E-state index >= 15 is 0 Å². The van der Waals surface area contributed by atoms with Crippen LogP contribution >= 0.6 is 0 Å². The molecule has 0 spiro atoms. The first kappa shape index (κ1) is 23.5. The number of nitro groups is 2. The SMILES string of the molecule is Cc1ccc(NC(=O)C(N=Nc2ccc([N+](=O)[O-])cc2[N+](=O)[O-])c2c(O)[nH]c(=O)[nH]c2=O)cc1. The summed E-state index contributed by atoms with van der Waals surface area (Å²) in [6.07, 6.45) is 0. The zero-order valence-corrected chi connectivity index (χ0v) is 17.2. The van der Waals surface area contributed by atoms with Crippen LogP contribution < -0.4 is 16.6 Å². The number of benzene rings is 2. The number of hydrogen-bond donors (Lipinski definition) is 4. The minimum absolute atomic E-state index is 0.303. The van der Waals surface area contributed by atoms with Gasteiger partial charge in [0.15, 0.2) is 11.7 Å². The Morgan fingerprint density at radius 2 is 1.74 bits per heavy atom. The van der Waals surface area contributed by atoms with Gasteiger partial charge in [0, 0.05) is 11.8 Å². The molecule has 0 fully saturated rings. The molecule has 1 atom stereocenters. The number of aryl methyl sites for hydroxylation is 1. The van der Waals surface area contributed by atoms with Gasteiger partial charge in [-0.05, 0) is 25.1 Å². The third-order valence-electron chi connectivity index (χ3n) is 4.45. The molecule has 0 aliphatic rings. The standard InChI is InChI=1S/C19H15N7O8/c1-9-2-4-10(5-3-9)20-18(29)15(14-16(27)21-19(30)22-17(14)28)24-23-12-7-6-11(25(31)32)8-13(12)26(33)34/h2-8,15H,1H3,(H,20,29)(H3,21,22,27,28,30). The van der Waals surface area contributed by atoms with Crippen molar-refractivity contribution in [1.29, 1.82) is 0 Å². The minimum Gasteiger partial charge on any atom is -0.494 e. The van der Waals surface area contributed by atoms with Crippen molar-refractivity contribution < 1.29 is 19.7 Å². The molecule has 1 heterocycles. The van der Waals surface area contributed by atoms with E-state index in [0.29, 0.717) is 11.8 Å². The lowest BCUT2D eigenvalue weighted by atomic mass is 10.1. The Morgan fingerprint density at radius 1 is 1.06 bits per heavy atom. The maximum Gasteiger partial charge on any atom is 0.328 e. The first-order valence-corrected chi connectivity index (χ1v) is 9.33. The van der Waals surface area contributed by atoms with Crippen LogP contribution in [0.3, 0.4) is 0 Å². The number of rotatable bonds is 7. The van der Waals surface area contributed by atoms with Crippen LogP contribution in [0.15, 0.2) is 62.3 Å². The van der Waals surface area contributed by atoms with Gasteiger partial charge >= 0.3 is 11.4 Å². The van der Waals surface area contributed by atoms with Gasteiger partial charge in [-0.3, -0.25) is 39.8 Å². The Hall–Kier alpha value is -5.21. The highest BCUT2D eigenvalue weighted by atomic mass is 16.6. The fourth-order valence-corrected chi connectivity index (χ4v) is 2.80. The van der Waals surface area contributed by atoms with Crippen molar-refractivity contribution in [3.63, 3.8) is 0 Å². The predicted molar refractivity (Wildman–Crippen MR) is 116 cm³/mol. The molecule has 0 aliphatic carbocycles. The Labute approximate surface area is 188 Å². The van der Waals surface area contributed by atoms with Gasteiger partial charge in [0.25, 0.3) is 17.2 Å². The van der Waals surface area contributed by atoms with Crippen LogP contribution in [-0.4, -0.2) is 30.8 Å². The summed E-state index contributed by atoms with van der Waals surface area (Å²) in [5.74, 6) is -1.93. The zero-order valence-electron chi connectivity index (χ0n) is 17.2. The van der Waals surface area contributed by atoms with Gasteiger partial charge in [-0.2, -0.15) is 5.11 Å². The van der Waals surface area contributed by atoms with Gasteiger partial charge in [0.2, 0.25) is 5.88 Å². The average molecular weight is 469 g/mol. The molecule has 174 valence electrons. The number of nitro benzene ring substituents is 2. The highest BCUT2D eigenvalue weighted by Crippen LogP contribution is 2.33. The van der Waals surface area contributed by atoms with Crippen molar-refractivity contribution in [3.8, 4) is 5.88 Å². The lowest BCUT2D eigenvalue weighted by Crippen LogP contribution is -2.30. The second-order valence-electron chi connectivity index (χ2n) is 6.83. The summed E-state index contributed by atoms with van der Waals surface area (Å²) in [5, 5.41) is 42.1. The third kappa shape index (κ3) is 5.16. The predicted octanol–water partition coefficient (Wildman–Crippen LogP) is 2.36. The number of nitrogens with one attached hydrogen (secondary N) is 3. The molecule has 0 saturated heterocycles. The molecule has 1 amide bonds. The molecule has 0 radical (unpaired) electrons. The summed E-state index contributed by atoms with van der Waals surface area (Å²) in [6, 6.07) is 7.15. The summed E-state index contributed by atoms with van der Waals surface area (Å²) < 4.78 is 0. The molecule has 1 aromatic heterocycles. The Bertz CT molecular complexity index is 1430. The molecule has 15 nitrogen and oxygen atoms in total. The summed E-state index contributed by atoms with van der Waals surface area (Å²) in [5.41, 5.74) is -3.49. The lowest BCUT2D eigenvalue weighted by Gasteiger charge is -2.13. The summed E-state index contributed by atoms with van der Waals surface area (Å²) in [4.78, 5) is 60.9. The van der Waals surface area contributed by atoms with Gasteiger partial charge in [-0.15, -0.1) is 5.11 Å². The third-order valence-corrected chi connectivity index (χ3v) is 4.45. The largest absolute Gasteiger partial charge is 0.494 e. The number of non-ortho nitro benzene ring substituents is 1. The number of aromatic amines is 2. The Kier molecular flexibility index (Phi) is 6.56. The van der Waals surface area contributed by atoms with Crippen molar-refractivity contribution in [2.75, 3.05) is 5.32 Å². The smallest absolute Gasteiger partial charge is 0.328 e. The van der Waals surface area contributed by atoms with E-state index in [1.165, 1.54) is 0 Å².